The Morgan fingerprint density at radius 3 is 1.54 bits per heavy atom. The van der Waals surface area contributed by atoms with E-state index in [1.807, 2.05) is 20.8 Å². The normalized spacial score (nSPS) is 14.0. The van der Waals surface area contributed by atoms with Crippen molar-refractivity contribution in [3.63, 3.8) is 0 Å². The van der Waals surface area contributed by atoms with Crippen LogP contribution in [0.2, 0.25) is 0 Å². The molecule has 0 amide bonds. The molecule has 1 unspecified atom stereocenters. The molecule has 0 fully saturated rings. The smallest absolute Gasteiger partial charge is 0.344 e. The number of phosphoric acid groups is 1. The van der Waals surface area contributed by atoms with Crippen molar-refractivity contribution in [3.8, 4) is 0 Å². The van der Waals surface area contributed by atoms with Crippen molar-refractivity contribution in [2.75, 3.05) is 25.6 Å². The summed E-state index contributed by atoms with van der Waals surface area (Å²) in [7, 11) is -3.91. The average molecular weight is 436 g/mol. The first-order valence-corrected chi connectivity index (χ1v) is 14.0. The van der Waals surface area contributed by atoms with Gasteiger partial charge in [-0.1, -0.05) is 53.4 Å². The molecule has 0 aliphatic heterocycles. The van der Waals surface area contributed by atoms with Crippen molar-refractivity contribution >= 4 is 26.0 Å². The maximum Gasteiger partial charge on any atom is 0.482 e. The van der Waals surface area contributed by atoms with Crippen LogP contribution in [0.1, 0.15) is 79.1 Å². The number of rotatable bonds is 18. The SMILES string of the molecule is CCCCOP(=O)(OCCCC)OP(=O)(OCCCC)SCCCC.N. The van der Waals surface area contributed by atoms with E-state index in [-0.39, 0.29) is 19.4 Å². The van der Waals surface area contributed by atoms with Gasteiger partial charge in [0.15, 0.2) is 0 Å². The Hall–Kier alpha value is 0.610. The first-order chi connectivity index (χ1) is 11.9. The van der Waals surface area contributed by atoms with E-state index in [0.717, 1.165) is 62.7 Å². The minimum absolute atomic E-state index is 0. The molecule has 26 heavy (non-hydrogen) atoms. The molecule has 7 nitrogen and oxygen atoms in total. The summed E-state index contributed by atoms with van der Waals surface area (Å²) < 4.78 is 47.6. The van der Waals surface area contributed by atoms with Gasteiger partial charge in [0, 0.05) is 5.75 Å². The molecular formula is C16H39NO6P2S. The van der Waals surface area contributed by atoms with Gasteiger partial charge in [-0.3, -0.25) is 9.05 Å². The summed E-state index contributed by atoms with van der Waals surface area (Å²) in [5.74, 6) is 0.615. The number of phosphoric ester groups is 1. The van der Waals surface area contributed by atoms with E-state index in [2.05, 4.69) is 6.92 Å². The summed E-state index contributed by atoms with van der Waals surface area (Å²) in [4.78, 5) is 0. The second-order valence-electron chi connectivity index (χ2n) is 5.72. The van der Waals surface area contributed by atoms with Crippen LogP contribution in [0.15, 0.2) is 0 Å². The summed E-state index contributed by atoms with van der Waals surface area (Å²) in [5.41, 5.74) is 0. The van der Waals surface area contributed by atoms with Crippen molar-refractivity contribution in [1.29, 1.82) is 0 Å². The minimum Gasteiger partial charge on any atom is -0.344 e. The molecule has 160 valence electrons. The van der Waals surface area contributed by atoms with Crippen molar-refractivity contribution < 1.29 is 27.0 Å². The lowest BCUT2D eigenvalue weighted by Crippen LogP contribution is -2.03. The Bertz CT molecular complexity index is 350. The predicted molar refractivity (Wildman–Crippen MR) is 111 cm³/mol. The molecule has 0 saturated heterocycles. The van der Waals surface area contributed by atoms with Gasteiger partial charge in [-0.15, -0.1) is 0 Å². The van der Waals surface area contributed by atoms with Crippen LogP contribution in [-0.2, 0) is 27.0 Å². The topological polar surface area (TPSA) is 106 Å². The van der Waals surface area contributed by atoms with E-state index in [1.54, 1.807) is 0 Å². The maximum atomic E-state index is 13.0. The van der Waals surface area contributed by atoms with Crippen LogP contribution in [0, 0.1) is 0 Å². The van der Waals surface area contributed by atoms with Gasteiger partial charge in [-0.25, -0.2) is 9.13 Å². The minimum atomic E-state index is -3.91. The Kier molecular flexibility index (Phi) is 19.6. The highest BCUT2D eigenvalue weighted by Crippen LogP contribution is 2.72. The van der Waals surface area contributed by atoms with Crippen molar-refractivity contribution in [3.05, 3.63) is 0 Å². The molecule has 0 radical (unpaired) electrons. The van der Waals surface area contributed by atoms with Crippen LogP contribution in [0.25, 0.3) is 0 Å². The predicted octanol–water partition coefficient (Wildman–Crippen LogP) is 7.36. The van der Waals surface area contributed by atoms with Gasteiger partial charge < -0.3 is 10.7 Å². The molecule has 10 heteroatoms. The van der Waals surface area contributed by atoms with Gasteiger partial charge in [0.2, 0.25) is 0 Å². The monoisotopic (exact) mass is 435 g/mol. The number of hydrogen-bond donors (Lipinski definition) is 1. The number of hydrogen-bond acceptors (Lipinski definition) is 8. The molecule has 0 heterocycles. The van der Waals surface area contributed by atoms with Crippen LogP contribution in [0.4, 0.5) is 0 Å². The Morgan fingerprint density at radius 1 is 0.692 bits per heavy atom. The fraction of sp³-hybridized carbons (Fsp3) is 1.00. The second-order valence-corrected chi connectivity index (χ2v) is 11.7. The summed E-state index contributed by atoms with van der Waals surface area (Å²) in [6.45, 7) is 5.28. The molecule has 0 bridgehead atoms. The Labute approximate surface area is 164 Å². The Balaban J connectivity index is 0. The fourth-order valence-corrected chi connectivity index (χ4v) is 7.82. The lowest BCUT2D eigenvalue weighted by molar-refractivity contribution is 0.144. The van der Waals surface area contributed by atoms with Gasteiger partial charge in [0.1, 0.15) is 0 Å². The summed E-state index contributed by atoms with van der Waals surface area (Å²) >= 11 is 1.08. The van der Waals surface area contributed by atoms with E-state index in [1.165, 1.54) is 0 Å². The third kappa shape index (κ3) is 14.6. The Morgan fingerprint density at radius 2 is 1.12 bits per heavy atom. The molecule has 0 saturated carbocycles. The summed E-state index contributed by atoms with van der Waals surface area (Å²) in [6.07, 6.45) is 6.78. The van der Waals surface area contributed by atoms with Gasteiger partial charge in [0.25, 0.3) is 0 Å². The lowest BCUT2D eigenvalue weighted by atomic mass is 10.4. The van der Waals surface area contributed by atoms with Gasteiger partial charge in [-0.2, -0.15) is 4.31 Å². The van der Waals surface area contributed by atoms with Crippen LogP contribution in [0.5, 0.6) is 0 Å². The van der Waals surface area contributed by atoms with Crippen LogP contribution < -0.4 is 6.15 Å². The zero-order chi connectivity index (χ0) is 19.0. The van der Waals surface area contributed by atoms with Crippen LogP contribution in [-0.4, -0.2) is 25.6 Å². The van der Waals surface area contributed by atoms with Gasteiger partial charge in [0.05, 0.1) is 19.8 Å². The van der Waals surface area contributed by atoms with E-state index in [4.69, 9.17) is 17.9 Å². The fourth-order valence-electron chi connectivity index (χ4n) is 1.57. The summed E-state index contributed by atoms with van der Waals surface area (Å²) in [5, 5.41) is 0. The zero-order valence-corrected chi connectivity index (χ0v) is 19.5. The summed E-state index contributed by atoms with van der Waals surface area (Å²) in [6, 6.07) is 0. The average Bonchev–Trinajstić information content (AvgIpc) is 2.56. The van der Waals surface area contributed by atoms with Gasteiger partial charge in [-0.05, 0) is 37.1 Å². The van der Waals surface area contributed by atoms with Crippen LogP contribution in [0.3, 0.4) is 0 Å². The van der Waals surface area contributed by atoms with E-state index in [0.29, 0.717) is 12.4 Å². The molecule has 0 aromatic carbocycles. The molecule has 0 aromatic rings. The van der Waals surface area contributed by atoms with Crippen molar-refractivity contribution in [2.24, 2.45) is 0 Å². The van der Waals surface area contributed by atoms with Crippen LogP contribution >= 0.6 is 26.0 Å². The molecule has 1 atom stereocenters. The lowest BCUT2D eigenvalue weighted by Gasteiger charge is -2.23. The standard InChI is InChI=1S/C16H36O6P2S.H3N/c1-5-9-13-19-23(17,20-14-10-6-2)22-24(18,21-15-11-7-3)25-16-12-8-4;/h5-16H2,1-4H3;1H3. The highest BCUT2D eigenvalue weighted by atomic mass is 32.7. The van der Waals surface area contributed by atoms with Crippen molar-refractivity contribution in [2.45, 2.75) is 79.1 Å². The molecule has 0 aliphatic carbocycles. The van der Waals surface area contributed by atoms with E-state index < -0.39 is 14.6 Å². The highest BCUT2D eigenvalue weighted by Gasteiger charge is 2.39. The third-order valence-corrected chi connectivity index (χ3v) is 9.49. The number of unbranched alkanes of at least 4 members (excludes halogenated alkanes) is 4. The highest BCUT2D eigenvalue weighted by molar-refractivity contribution is 8.55. The second kappa shape index (κ2) is 17.7. The first kappa shape index (κ1) is 28.8. The van der Waals surface area contributed by atoms with Crippen molar-refractivity contribution in [1.82, 2.24) is 6.15 Å². The maximum absolute atomic E-state index is 13.0. The van der Waals surface area contributed by atoms with E-state index in [9.17, 15) is 9.13 Å². The molecule has 0 aromatic heterocycles. The largest absolute Gasteiger partial charge is 0.482 e. The molecule has 3 N–H and O–H groups in total. The zero-order valence-electron chi connectivity index (χ0n) is 16.9. The van der Waals surface area contributed by atoms with E-state index >= 15 is 0 Å². The molecule has 0 spiro atoms. The first-order valence-electron chi connectivity index (χ1n) is 9.44. The van der Waals surface area contributed by atoms with Gasteiger partial charge >= 0.3 is 14.6 Å². The third-order valence-electron chi connectivity index (χ3n) is 3.19. The quantitative estimate of drug-likeness (QED) is 0.176. The molecule has 0 aliphatic rings. The molecular weight excluding hydrogens is 396 g/mol. The molecule has 0 rings (SSSR count).